The van der Waals surface area contributed by atoms with Gasteiger partial charge in [-0.15, -0.1) is 0 Å². The molecule has 2 rings (SSSR count). The fourth-order valence-corrected chi connectivity index (χ4v) is 2.87. The van der Waals surface area contributed by atoms with E-state index in [0.29, 0.717) is 5.92 Å². The molecule has 1 N–H and O–H groups in total. The molecular formula is C17H24O. The Morgan fingerprint density at radius 2 is 1.89 bits per heavy atom. The van der Waals surface area contributed by atoms with E-state index < -0.39 is 0 Å². The van der Waals surface area contributed by atoms with E-state index in [1.165, 1.54) is 12.8 Å². The molecule has 0 heterocycles. The van der Waals surface area contributed by atoms with Gasteiger partial charge in [-0.25, -0.2) is 0 Å². The maximum Gasteiger partial charge on any atom is 0.0798 e. The minimum absolute atomic E-state index is 0.162. The largest absolute Gasteiger partial charge is 0.388 e. The Morgan fingerprint density at radius 1 is 1.22 bits per heavy atom. The summed E-state index contributed by atoms with van der Waals surface area (Å²) in [5.74, 6) is 0.640. The molecule has 2 atom stereocenters. The number of allylic oxidation sites excluding steroid dienone is 2. The van der Waals surface area contributed by atoms with Crippen molar-refractivity contribution in [2.24, 2.45) is 11.3 Å². The number of rotatable bonds is 4. The minimum atomic E-state index is -0.348. The second-order valence-corrected chi connectivity index (χ2v) is 6.16. The maximum atomic E-state index is 10.3. The normalized spacial score (nSPS) is 25.3. The predicted molar refractivity (Wildman–Crippen MR) is 76.3 cm³/mol. The van der Waals surface area contributed by atoms with Crippen LogP contribution in [0.15, 0.2) is 42.0 Å². The van der Waals surface area contributed by atoms with Crippen LogP contribution in [0.2, 0.25) is 0 Å². The molecule has 0 saturated heterocycles. The summed E-state index contributed by atoms with van der Waals surface area (Å²) in [6, 6.07) is 9.99. The van der Waals surface area contributed by atoms with Crippen LogP contribution in [-0.4, -0.2) is 5.11 Å². The van der Waals surface area contributed by atoms with Gasteiger partial charge in [0.25, 0.3) is 0 Å². The monoisotopic (exact) mass is 244 g/mol. The van der Waals surface area contributed by atoms with Gasteiger partial charge in [0.15, 0.2) is 0 Å². The lowest BCUT2D eigenvalue weighted by molar-refractivity contribution is 0.125. The molecule has 0 amide bonds. The number of hydrogen-bond acceptors (Lipinski definition) is 1. The highest BCUT2D eigenvalue weighted by Crippen LogP contribution is 2.44. The maximum absolute atomic E-state index is 10.3. The zero-order valence-electron chi connectivity index (χ0n) is 11.7. The molecule has 18 heavy (non-hydrogen) atoms. The third kappa shape index (κ3) is 3.02. The van der Waals surface area contributed by atoms with Crippen LogP contribution in [0.5, 0.6) is 0 Å². The number of aliphatic hydroxyl groups is 1. The Morgan fingerprint density at radius 3 is 2.44 bits per heavy atom. The average Bonchev–Trinajstić information content (AvgIpc) is 2.73. The van der Waals surface area contributed by atoms with Gasteiger partial charge in [0.1, 0.15) is 0 Å². The first-order valence-corrected chi connectivity index (χ1v) is 6.95. The molecule has 0 aliphatic heterocycles. The van der Waals surface area contributed by atoms with Gasteiger partial charge in [0.05, 0.1) is 6.10 Å². The summed E-state index contributed by atoms with van der Waals surface area (Å²) < 4.78 is 0. The lowest BCUT2D eigenvalue weighted by atomic mass is 9.82. The molecule has 1 aromatic carbocycles. The van der Waals surface area contributed by atoms with Crippen molar-refractivity contribution in [1.82, 2.24) is 0 Å². The van der Waals surface area contributed by atoms with Crippen molar-refractivity contribution in [3.05, 3.63) is 47.5 Å². The molecule has 0 bridgehead atoms. The van der Waals surface area contributed by atoms with Crippen LogP contribution in [0.3, 0.4) is 0 Å². The number of hydrogen-bond donors (Lipinski definition) is 1. The van der Waals surface area contributed by atoms with E-state index in [9.17, 15) is 5.11 Å². The molecule has 0 saturated carbocycles. The molecular weight excluding hydrogens is 220 g/mol. The zero-order valence-corrected chi connectivity index (χ0v) is 11.7. The smallest absolute Gasteiger partial charge is 0.0798 e. The zero-order chi connectivity index (χ0) is 13.2. The van der Waals surface area contributed by atoms with Crippen molar-refractivity contribution in [3.8, 4) is 0 Å². The van der Waals surface area contributed by atoms with Gasteiger partial charge in [-0.1, -0.05) is 62.8 Å². The van der Waals surface area contributed by atoms with Crippen molar-refractivity contribution in [2.75, 3.05) is 0 Å². The summed E-state index contributed by atoms with van der Waals surface area (Å²) in [5, 5.41) is 10.3. The summed E-state index contributed by atoms with van der Waals surface area (Å²) >= 11 is 0. The molecule has 0 radical (unpaired) electrons. The predicted octanol–water partition coefficient (Wildman–Crippen LogP) is 4.49. The average molecular weight is 244 g/mol. The molecule has 1 aromatic rings. The topological polar surface area (TPSA) is 20.2 Å². The van der Waals surface area contributed by atoms with Gasteiger partial charge in [-0.3, -0.25) is 0 Å². The third-order valence-electron chi connectivity index (χ3n) is 4.10. The van der Waals surface area contributed by atoms with Crippen molar-refractivity contribution < 1.29 is 5.11 Å². The molecule has 1 heteroatoms. The summed E-state index contributed by atoms with van der Waals surface area (Å²) in [7, 11) is 0. The van der Waals surface area contributed by atoms with Crippen LogP contribution >= 0.6 is 0 Å². The van der Waals surface area contributed by atoms with Crippen molar-refractivity contribution in [3.63, 3.8) is 0 Å². The minimum Gasteiger partial charge on any atom is -0.388 e. The number of aliphatic hydroxyl groups excluding tert-OH is 1. The molecule has 0 spiro atoms. The van der Waals surface area contributed by atoms with Crippen LogP contribution < -0.4 is 0 Å². The summed E-state index contributed by atoms with van der Waals surface area (Å²) in [5.41, 5.74) is 2.75. The molecule has 98 valence electrons. The number of benzene rings is 1. The Kier molecular flexibility index (Phi) is 3.91. The van der Waals surface area contributed by atoms with Gasteiger partial charge in [0.2, 0.25) is 0 Å². The lowest BCUT2D eigenvalue weighted by Crippen LogP contribution is -2.14. The van der Waals surface area contributed by atoms with Gasteiger partial charge < -0.3 is 5.11 Å². The van der Waals surface area contributed by atoms with E-state index in [-0.39, 0.29) is 11.5 Å². The highest BCUT2D eigenvalue weighted by Gasteiger charge is 2.31. The first kappa shape index (κ1) is 13.4. The molecule has 0 unspecified atom stereocenters. The Balaban J connectivity index is 2.06. The second kappa shape index (κ2) is 5.27. The first-order chi connectivity index (χ1) is 8.50. The van der Waals surface area contributed by atoms with Crippen LogP contribution in [0.25, 0.3) is 0 Å². The first-order valence-electron chi connectivity index (χ1n) is 6.95. The summed E-state index contributed by atoms with van der Waals surface area (Å²) in [6.07, 6.45) is 5.25. The molecule has 1 aliphatic carbocycles. The fraction of sp³-hybridized carbons (Fsp3) is 0.529. The molecule has 1 aliphatic rings. The van der Waals surface area contributed by atoms with Crippen molar-refractivity contribution in [2.45, 2.75) is 46.1 Å². The third-order valence-corrected chi connectivity index (χ3v) is 4.10. The summed E-state index contributed by atoms with van der Waals surface area (Å²) in [6.45, 7) is 6.78. The van der Waals surface area contributed by atoms with Crippen LogP contribution in [0.1, 0.15) is 51.7 Å². The van der Waals surface area contributed by atoms with E-state index in [1.807, 2.05) is 30.3 Å². The SMILES string of the molecule is CC(C)C1=C[C@@](C)(C[C@H](O)c2ccccc2)CC1. The lowest BCUT2D eigenvalue weighted by Gasteiger charge is -2.25. The van der Waals surface area contributed by atoms with Crippen LogP contribution in [-0.2, 0) is 0 Å². The van der Waals surface area contributed by atoms with E-state index in [2.05, 4.69) is 26.8 Å². The Hall–Kier alpha value is -1.08. The van der Waals surface area contributed by atoms with Gasteiger partial charge in [-0.05, 0) is 36.2 Å². The summed E-state index contributed by atoms with van der Waals surface area (Å²) in [4.78, 5) is 0. The van der Waals surface area contributed by atoms with E-state index in [0.717, 1.165) is 12.0 Å². The van der Waals surface area contributed by atoms with Gasteiger partial charge in [-0.2, -0.15) is 0 Å². The van der Waals surface area contributed by atoms with Crippen molar-refractivity contribution >= 4 is 0 Å². The van der Waals surface area contributed by atoms with Gasteiger partial charge in [0, 0.05) is 0 Å². The Bertz CT molecular complexity index is 418. The van der Waals surface area contributed by atoms with Crippen LogP contribution in [0, 0.1) is 11.3 Å². The molecule has 0 fully saturated rings. The highest BCUT2D eigenvalue weighted by molar-refractivity contribution is 5.21. The van der Waals surface area contributed by atoms with Crippen molar-refractivity contribution in [1.29, 1.82) is 0 Å². The van der Waals surface area contributed by atoms with Gasteiger partial charge >= 0.3 is 0 Å². The quantitative estimate of drug-likeness (QED) is 0.774. The standard InChI is InChI=1S/C17H24O/c1-13(2)15-9-10-17(3,11-15)12-16(18)14-7-5-4-6-8-14/h4-8,11,13,16,18H,9-10,12H2,1-3H3/t16-,17-/m0/s1. The Labute approximate surface area is 111 Å². The fourth-order valence-electron chi connectivity index (χ4n) is 2.87. The molecule has 0 aromatic heterocycles. The highest BCUT2D eigenvalue weighted by atomic mass is 16.3. The second-order valence-electron chi connectivity index (χ2n) is 6.16. The van der Waals surface area contributed by atoms with Crippen LogP contribution in [0.4, 0.5) is 0 Å². The van der Waals surface area contributed by atoms with E-state index in [1.54, 1.807) is 5.57 Å². The van der Waals surface area contributed by atoms with E-state index >= 15 is 0 Å². The van der Waals surface area contributed by atoms with E-state index in [4.69, 9.17) is 0 Å². The molecule has 1 nitrogen and oxygen atoms in total.